The Morgan fingerprint density at radius 3 is 2.87 bits per heavy atom. The second-order valence-electron chi connectivity index (χ2n) is 2.91. The minimum absolute atomic E-state index is 0.0570. The fraction of sp³-hybridized carbons (Fsp3) is 0.333. The summed E-state index contributed by atoms with van der Waals surface area (Å²) in [6, 6.07) is 2.35. The number of hydrogen-bond donors (Lipinski definition) is 3. The molecule has 0 spiro atoms. The number of pyridine rings is 1. The van der Waals surface area contributed by atoms with Gasteiger partial charge in [-0.2, -0.15) is 0 Å². The van der Waals surface area contributed by atoms with Crippen LogP contribution in [0.4, 0.5) is 4.39 Å². The van der Waals surface area contributed by atoms with E-state index in [1.165, 1.54) is 6.07 Å². The van der Waals surface area contributed by atoms with Gasteiger partial charge in [-0.1, -0.05) is 0 Å². The monoisotopic (exact) mass is 214 g/mol. The molecule has 0 aliphatic carbocycles. The third-order valence-corrected chi connectivity index (χ3v) is 1.67. The number of carbonyl (C=O) groups excluding carboxylic acids is 1. The lowest BCUT2D eigenvalue weighted by atomic mass is 10.3. The van der Waals surface area contributed by atoms with Crippen molar-refractivity contribution in [2.75, 3.05) is 13.2 Å². The molecule has 1 amide bonds. The van der Waals surface area contributed by atoms with Crippen molar-refractivity contribution in [2.45, 2.75) is 6.10 Å². The molecule has 0 aliphatic rings. The Balaban J connectivity index is 2.50. The summed E-state index contributed by atoms with van der Waals surface area (Å²) in [7, 11) is 0. The SMILES string of the molecule is O=C(NCC(O)CO)c1ccc(F)cn1. The summed E-state index contributed by atoms with van der Waals surface area (Å²) in [4.78, 5) is 14.8. The quantitative estimate of drug-likeness (QED) is 0.619. The number of aromatic nitrogens is 1. The van der Waals surface area contributed by atoms with Crippen molar-refractivity contribution in [1.82, 2.24) is 10.3 Å². The predicted octanol–water partition coefficient (Wildman–Crippen LogP) is -0.696. The van der Waals surface area contributed by atoms with E-state index in [2.05, 4.69) is 10.3 Å². The molecule has 6 heteroatoms. The summed E-state index contributed by atoms with van der Waals surface area (Å²) in [5, 5.41) is 19.8. The molecule has 0 aliphatic heterocycles. The number of aliphatic hydroxyl groups excluding tert-OH is 2. The minimum atomic E-state index is -1.01. The number of carbonyl (C=O) groups is 1. The maximum atomic E-state index is 12.5. The Kier molecular flexibility index (Phi) is 4.14. The molecule has 1 aromatic rings. The molecule has 1 rings (SSSR count). The van der Waals surface area contributed by atoms with Crippen molar-refractivity contribution in [2.24, 2.45) is 0 Å². The number of aliphatic hydroxyl groups is 2. The highest BCUT2D eigenvalue weighted by atomic mass is 19.1. The highest BCUT2D eigenvalue weighted by molar-refractivity contribution is 5.92. The van der Waals surface area contributed by atoms with E-state index in [0.29, 0.717) is 0 Å². The van der Waals surface area contributed by atoms with Crippen LogP contribution in [0.15, 0.2) is 18.3 Å². The molecule has 1 heterocycles. The summed E-state index contributed by atoms with van der Waals surface area (Å²) in [5.74, 6) is -1.05. The van der Waals surface area contributed by atoms with Gasteiger partial charge in [0.2, 0.25) is 0 Å². The number of nitrogens with zero attached hydrogens (tertiary/aromatic N) is 1. The second kappa shape index (κ2) is 5.38. The highest BCUT2D eigenvalue weighted by Crippen LogP contribution is 1.97. The molecule has 1 aromatic heterocycles. The number of hydrogen-bond acceptors (Lipinski definition) is 4. The first-order valence-electron chi connectivity index (χ1n) is 4.32. The average Bonchev–Trinajstić information content (AvgIpc) is 2.26. The van der Waals surface area contributed by atoms with E-state index in [0.717, 1.165) is 12.3 Å². The van der Waals surface area contributed by atoms with E-state index in [1.807, 2.05) is 0 Å². The van der Waals surface area contributed by atoms with Gasteiger partial charge in [0, 0.05) is 6.54 Å². The Morgan fingerprint density at radius 2 is 2.33 bits per heavy atom. The maximum Gasteiger partial charge on any atom is 0.269 e. The van der Waals surface area contributed by atoms with Gasteiger partial charge < -0.3 is 15.5 Å². The van der Waals surface area contributed by atoms with E-state index in [4.69, 9.17) is 10.2 Å². The van der Waals surface area contributed by atoms with Gasteiger partial charge in [0.05, 0.1) is 18.9 Å². The maximum absolute atomic E-state index is 12.5. The average molecular weight is 214 g/mol. The van der Waals surface area contributed by atoms with Crippen LogP contribution in [0.25, 0.3) is 0 Å². The fourth-order valence-corrected chi connectivity index (χ4v) is 0.876. The zero-order valence-electron chi connectivity index (χ0n) is 7.85. The lowest BCUT2D eigenvalue weighted by molar-refractivity contribution is 0.0798. The first-order valence-corrected chi connectivity index (χ1v) is 4.32. The van der Waals surface area contributed by atoms with Crippen molar-refractivity contribution in [1.29, 1.82) is 0 Å². The number of halogens is 1. The van der Waals surface area contributed by atoms with Crippen LogP contribution in [0.3, 0.4) is 0 Å². The number of nitrogens with one attached hydrogen (secondary N) is 1. The summed E-state index contributed by atoms with van der Waals surface area (Å²) in [6.07, 6.45) is -0.0772. The smallest absolute Gasteiger partial charge is 0.269 e. The third kappa shape index (κ3) is 3.61. The van der Waals surface area contributed by atoms with Gasteiger partial charge in [0.15, 0.2) is 0 Å². The molecule has 82 valence electrons. The van der Waals surface area contributed by atoms with Crippen molar-refractivity contribution >= 4 is 5.91 Å². The van der Waals surface area contributed by atoms with Crippen LogP contribution in [0.5, 0.6) is 0 Å². The molecule has 3 N–H and O–H groups in total. The Morgan fingerprint density at radius 1 is 1.60 bits per heavy atom. The van der Waals surface area contributed by atoms with E-state index < -0.39 is 24.4 Å². The first kappa shape index (κ1) is 11.5. The van der Waals surface area contributed by atoms with E-state index in [9.17, 15) is 9.18 Å². The molecule has 0 aromatic carbocycles. The molecule has 0 saturated heterocycles. The van der Waals surface area contributed by atoms with Gasteiger partial charge in [-0.15, -0.1) is 0 Å². The normalized spacial score (nSPS) is 12.2. The van der Waals surface area contributed by atoms with E-state index in [1.54, 1.807) is 0 Å². The van der Waals surface area contributed by atoms with Crippen molar-refractivity contribution < 1.29 is 19.4 Å². The summed E-state index contributed by atoms with van der Waals surface area (Å²) in [6.45, 7) is -0.508. The molecule has 1 atom stereocenters. The van der Waals surface area contributed by atoms with Gasteiger partial charge in [-0.3, -0.25) is 4.79 Å². The fourth-order valence-electron chi connectivity index (χ4n) is 0.876. The van der Waals surface area contributed by atoms with Crippen LogP contribution in [0, 0.1) is 5.82 Å². The molecule has 0 saturated carbocycles. The first-order chi connectivity index (χ1) is 7.13. The van der Waals surface area contributed by atoms with Gasteiger partial charge in [-0.25, -0.2) is 9.37 Å². The minimum Gasteiger partial charge on any atom is -0.394 e. The topological polar surface area (TPSA) is 82.5 Å². The van der Waals surface area contributed by atoms with Gasteiger partial charge >= 0.3 is 0 Å². The van der Waals surface area contributed by atoms with Crippen LogP contribution in [-0.2, 0) is 0 Å². The molecule has 0 radical (unpaired) electrons. The van der Waals surface area contributed by atoms with E-state index >= 15 is 0 Å². The molecular formula is C9H11FN2O3. The van der Waals surface area contributed by atoms with Gasteiger partial charge in [0.1, 0.15) is 11.5 Å². The molecule has 0 fully saturated rings. The Hall–Kier alpha value is -1.53. The Bertz CT molecular complexity index is 329. The molecule has 5 nitrogen and oxygen atoms in total. The summed E-state index contributed by atoms with van der Waals surface area (Å²) < 4.78 is 12.5. The highest BCUT2D eigenvalue weighted by Gasteiger charge is 2.09. The lowest BCUT2D eigenvalue weighted by Gasteiger charge is -2.08. The van der Waals surface area contributed by atoms with Crippen molar-refractivity contribution in [3.05, 3.63) is 29.8 Å². The van der Waals surface area contributed by atoms with Crippen LogP contribution < -0.4 is 5.32 Å². The third-order valence-electron chi connectivity index (χ3n) is 1.67. The van der Waals surface area contributed by atoms with Crippen LogP contribution in [0.1, 0.15) is 10.5 Å². The molecular weight excluding hydrogens is 203 g/mol. The molecule has 1 unspecified atom stereocenters. The standard InChI is InChI=1S/C9H11FN2O3/c10-6-1-2-8(11-3-6)9(15)12-4-7(14)5-13/h1-3,7,13-14H,4-5H2,(H,12,15). The number of rotatable bonds is 4. The largest absolute Gasteiger partial charge is 0.394 e. The number of amides is 1. The van der Waals surface area contributed by atoms with Crippen LogP contribution >= 0.6 is 0 Å². The second-order valence-corrected chi connectivity index (χ2v) is 2.91. The summed E-state index contributed by atoms with van der Waals surface area (Å²) in [5.41, 5.74) is 0.0570. The van der Waals surface area contributed by atoms with Crippen LogP contribution in [-0.4, -0.2) is 40.4 Å². The van der Waals surface area contributed by atoms with Crippen molar-refractivity contribution in [3.8, 4) is 0 Å². The van der Waals surface area contributed by atoms with E-state index in [-0.39, 0.29) is 12.2 Å². The Labute approximate surface area is 85.6 Å². The van der Waals surface area contributed by atoms with Gasteiger partial charge in [-0.05, 0) is 12.1 Å². The molecule has 15 heavy (non-hydrogen) atoms. The van der Waals surface area contributed by atoms with Gasteiger partial charge in [0.25, 0.3) is 5.91 Å². The predicted molar refractivity (Wildman–Crippen MR) is 49.6 cm³/mol. The lowest BCUT2D eigenvalue weighted by Crippen LogP contribution is -2.34. The van der Waals surface area contributed by atoms with Crippen molar-refractivity contribution in [3.63, 3.8) is 0 Å². The zero-order valence-corrected chi connectivity index (χ0v) is 7.85. The van der Waals surface area contributed by atoms with Crippen LogP contribution in [0.2, 0.25) is 0 Å². The molecule has 0 bridgehead atoms. The zero-order chi connectivity index (χ0) is 11.3. The summed E-state index contributed by atoms with van der Waals surface area (Å²) >= 11 is 0.